The standard InChI is InChI=1S/C14H16N6/c1-10(2)13-18-17-12-9-19(6-7-20(12)13)14-11(8-15)4-3-5-16-14/h3-5,10H,6-7,9H2,1-2H3. The van der Waals surface area contributed by atoms with Crippen LogP contribution in [0, 0.1) is 11.3 Å². The topological polar surface area (TPSA) is 70.6 Å². The number of hydrogen-bond acceptors (Lipinski definition) is 5. The maximum Gasteiger partial charge on any atom is 0.152 e. The Morgan fingerprint density at radius 2 is 2.15 bits per heavy atom. The SMILES string of the molecule is CC(C)c1nnc2n1CCN(c1ncccc1C#N)C2. The van der Waals surface area contributed by atoms with Gasteiger partial charge in [0.15, 0.2) is 5.82 Å². The van der Waals surface area contributed by atoms with Gasteiger partial charge in [0.25, 0.3) is 0 Å². The summed E-state index contributed by atoms with van der Waals surface area (Å²) in [6.07, 6.45) is 1.72. The van der Waals surface area contributed by atoms with Crippen molar-refractivity contribution >= 4 is 5.82 Å². The van der Waals surface area contributed by atoms with Crippen LogP contribution in [0.3, 0.4) is 0 Å². The van der Waals surface area contributed by atoms with Crippen LogP contribution < -0.4 is 4.90 Å². The summed E-state index contributed by atoms with van der Waals surface area (Å²) in [7, 11) is 0. The van der Waals surface area contributed by atoms with E-state index < -0.39 is 0 Å². The van der Waals surface area contributed by atoms with Crippen LogP contribution in [0.2, 0.25) is 0 Å². The van der Waals surface area contributed by atoms with Crippen LogP contribution in [0.25, 0.3) is 0 Å². The Labute approximate surface area is 117 Å². The van der Waals surface area contributed by atoms with Crippen molar-refractivity contribution in [1.29, 1.82) is 5.26 Å². The van der Waals surface area contributed by atoms with Gasteiger partial charge in [-0.2, -0.15) is 5.26 Å². The molecule has 0 aromatic carbocycles. The minimum atomic E-state index is 0.368. The van der Waals surface area contributed by atoms with Gasteiger partial charge >= 0.3 is 0 Å². The highest BCUT2D eigenvalue weighted by molar-refractivity contribution is 5.53. The summed E-state index contributed by atoms with van der Waals surface area (Å²) in [6, 6.07) is 5.77. The number of rotatable bonds is 2. The molecule has 102 valence electrons. The van der Waals surface area contributed by atoms with E-state index in [1.54, 1.807) is 18.3 Å². The maximum absolute atomic E-state index is 9.17. The fraction of sp³-hybridized carbons (Fsp3) is 0.429. The third-order valence-corrected chi connectivity index (χ3v) is 3.50. The monoisotopic (exact) mass is 268 g/mol. The summed E-state index contributed by atoms with van der Waals surface area (Å²) in [5.74, 6) is 3.07. The smallest absolute Gasteiger partial charge is 0.152 e. The molecular weight excluding hydrogens is 252 g/mol. The van der Waals surface area contributed by atoms with E-state index in [9.17, 15) is 5.26 Å². The van der Waals surface area contributed by atoms with Crippen molar-refractivity contribution in [2.45, 2.75) is 32.9 Å². The fourth-order valence-electron chi connectivity index (χ4n) is 2.52. The summed E-state index contributed by atoms with van der Waals surface area (Å²) in [5.41, 5.74) is 0.601. The first-order valence-corrected chi connectivity index (χ1v) is 6.72. The van der Waals surface area contributed by atoms with E-state index in [-0.39, 0.29) is 0 Å². The second-order valence-electron chi connectivity index (χ2n) is 5.19. The van der Waals surface area contributed by atoms with E-state index in [0.717, 1.165) is 30.6 Å². The zero-order valence-corrected chi connectivity index (χ0v) is 11.6. The third-order valence-electron chi connectivity index (χ3n) is 3.50. The molecule has 2 aromatic heterocycles. The summed E-state index contributed by atoms with van der Waals surface area (Å²) >= 11 is 0. The zero-order valence-electron chi connectivity index (χ0n) is 11.6. The van der Waals surface area contributed by atoms with E-state index in [1.165, 1.54) is 0 Å². The van der Waals surface area contributed by atoms with E-state index in [1.807, 2.05) is 0 Å². The molecule has 0 N–H and O–H groups in total. The summed E-state index contributed by atoms with van der Waals surface area (Å²) < 4.78 is 2.18. The molecule has 1 aliphatic heterocycles. The van der Waals surface area contributed by atoms with Crippen LogP contribution in [0.4, 0.5) is 5.82 Å². The Bertz CT molecular complexity index is 667. The zero-order chi connectivity index (χ0) is 14.1. The van der Waals surface area contributed by atoms with E-state index >= 15 is 0 Å². The normalized spacial score (nSPS) is 14.2. The van der Waals surface area contributed by atoms with Crippen molar-refractivity contribution in [3.63, 3.8) is 0 Å². The molecular formula is C14H16N6. The predicted molar refractivity (Wildman–Crippen MR) is 74.1 cm³/mol. The lowest BCUT2D eigenvalue weighted by molar-refractivity contribution is 0.529. The second kappa shape index (κ2) is 4.93. The molecule has 0 amide bonds. The van der Waals surface area contributed by atoms with Gasteiger partial charge in [0.1, 0.15) is 17.7 Å². The Balaban J connectivity index is 1.92. The molecule has 0 bridgehead atoms. The highest BCUT2D eigenvalue weighted by Crippen LogP contribution is 2.23. The largest absolute Gasteiger partial charge is 0.346 e. The molecule has 20 heavy (non-hydrogen) atoms. The van der Waals surface area contributed by atoms with Crippen LogP contribution in [0.1, 0.15) is 37.0 Å². The highest BCUT2D eigenvalue weighted by Gasteiger charge is 2.24. The van der Waals surface area contributed by atoms with Gasteiger partial charge in [0, 0.05) is 25.2 Å². The number of nitrogens with zero attached hydrogens (tertiary/aromatic N) is 6. The first-order chi connectivity index (χ1) is 9.70. The lowest BCUT2D eigenvalue weighted by atomic mass is 10.2. The van der Waals surface area contributed by atoms with Crippen molar-refractivity contribution in [1.82, 2.24) is 19.7 Å². The van der Waals surface area contributed by atoms with Gasteiger partial charge in [0.2, 0.25) is 0 Å². The Morgan fingerprint density at radius 3 is 2.90 bits per heavy atom. The third kappa shape index (κ3) is 2.01. The van der Waals surface area contributed by atoms with Gasteiger partial charge in [-0.05, 0) is 12.1 Å². The minimum absolute atomic E-state index is 0.368. The van der Waals surface area contributed by atoms with Crippen LogP contribution >= 0.6 is 0 Å². The van der Waals surface area contributed by atoms with Gasteiger partial charge in [-0.3, -0.25) is 0 Å². The molecule has 0 aliphatic carbocycles. The molecule has 1 aliphatic rings. The molecule has 0 saturated carbocycles. The van der Waals surface area contributed by atoms with Crippen LogP contribution in [0.15, 0.2) is 18.3 Å². The Kier molecular flexibility index (Phi) is 3.11. The first-order valence-electron chi connectivity index (χ1n) is 6.72. The van der Waals surface area contributed by atoms with Crippen molar-refractivity contribution in [3.8, 4) is 6.07 Å². The quantitative estimate of drug-likeness (QED) is 0.828. The molecule has 0 spiro atoms. The van der Waals surface area contributed by atoms with Crippen molar-refractivity contribution in [2.24, 2.45) is 0 Å². The molecule has 0 saturated heterocycles. The lowest BCUT2D eigenvalue weighted by Crippen LogP contribution is -2.35. The molecule has 2 aromatic rings. The number of hydrogen-bond donors (Lipinski definition) is 0. The van der Waals surface area contributed by atoms with Crippen molar-refractivity contribution in [2.75, 3.05) is 11.4 Å². The van der Waals surface area contributed by atoms with E-state index in [4.69, 9.17) is 0 Å². The Morgan fingerprint density at radius 1 is 1.30 bits per heavy atom. The van der Waals surface area contributed by atoms with Crippen LogP contribution in [0.5, 0.6) is 0 Å². The highest BCUT2D eigenvalue weighted by atomic mass is 15.3. The molecule has 0 unspecified atom stereocenters. The summed E-state index contributed by atoms with van der Waals surface area (Å²) in [5, 5.41) is 17.7. The Hall–Kier alpha value is -2.42. The second-order valence-corrected chi connectivity index (χ2v) is 5.19. The maximum atomic E-state index is 9.17. The van der Waals surface area contributed by atoms with E-state index in [2.05, 4.69) is 44.6 Å². The number of nitriles is 1. The van der Waals surface area contributed by atoms with Crippen molar-refractivity contribution in [3.05, 3.63) is 35.5 Å². The van der Waals surface area contributed by atoms with Gasteiger partial charge in [0.05, 0.1) is 12.1 Å². The number of aromatic nitrogens is 4. The first kappa shape index (κ1) is 12.6. The number of pyridine rings is 1. The molecule has 6 heteroatoms. The average Bonchev–Trinajstić information content (AvgIpc) is 2.90. The van der Waals surface area contributed by atoms with Gasteiger partial charge in [-0.25, -0.2) is 4.98 Å². The average molecular weight is 268 g/mol. The molecule has 0 fully saturated rings. The molecule has 0 radical (unpaired) electrons. The predicted octanol–water partition coefficient (Wildman–Crippen LogP) is 1.69. The molecule has 0 atom stereocenters. The summed E-state index contributed by atoms with van der Waals surface area (Å²) in [6.45, 7) is 6.53. The summed E-state index contributed by atoms with van der Waals surface area (Å²) in [4.78, 5) is 6.42. The minimum Gasteiger partial charge on any atom is -0.346 e. The fourth-order valence-corrected chi connectivity index (χ4v) is 2.52. The van der Waals surface area contributed by atoms with Gasteiger partial charge in [-0.15, -0.1) is 10.2 Å². The van der Waals surface area contributed by atoms with Crippen LogP contribution in [-0.2, 0) is 13.1 Å². The number of anilines is 1. The lowest BCUT2D eigenvalue weighted by Gasteiger charge is -2.29. The molecule has 3 rings (SSSR count). The van der Waals surface area contributed by atoms with Crippen LogP contribution in [-0.4, -0.2) is 26.3 Å². The van der Waals surface area contributed by atoms with Gasteiger partial charge < -0.3 is 9.47 Å². The molecule has 3 heterocycles. The van der Waals surface area contributed by atoms with E-state index in [0.29, 0.717) is 18.0 Å². The number of fused-ring (bicyclic) bond motifs is 1. The van der Waals surface area contributed by atoms with Crippen molar-refractivity contribution < 1.29 is 0 Å². The van der Waals surface area contributed by atoms with Gasteiger partial charge in [-0.1, -0.05) is 13.8 Å². The molecule has 6 nitrogen and oxygen atoms in total.